The Morgan fingerprint density at radius 2 is 2.29 bits per heavy atom. The predicted molar refractivity (Wildman–Crippen MR) is 55.0 cm³/mol. The SMILES string of the molecule is CC(C)(C)OC(=O)N(N)c1cncs1. The molecular weight excluding hydrogens is 202 g/mol. The van der Waals surface area contributed by atoms with Gasteiger partial charge in [0, 0.05) is 0 Å². The smallest absolute Gasteiger partial charge is 0.430 e. The van der Waals surface area contributed by atoms with E-state index in [1.54, 1.807) is 26.3 Å². The average Bonchev–Trinajstić information content (AvgIpc) is 2.51. The number of rotatable bonds is 1. The third kappa shape index (κ3) is 2.97. The molecule has 1 amide bonds. The number of carbonyl (C=O) groups excluding carboxylic acids is 1. The minimum atomic E-state index is -0.582. The summed E-state index contributed by atoms with van der Waals surface area (Å²) in [6.07, 6.45) is 0.927. The van der Waals surface area contributed by atoms with E-state index in [-0.39, 0.29) is 0 Å². The molecule has 0 fully saturated rings. The summed E-state index contributed by atoms with van der Waals surface area (Å²) in [6, 6.07) is 0. The number of thiazole rings is 1. The first kappa shape index (κ1) is 10.9. The van der Waals surface area contributed by atoms with Gasteiger partial charge in [-0.1, -0.05) is 0 Å². The number of hydrazine groups is 1. The Hall–Kier alpha value is -1.14. The third-order valence-corrected chi connectivity index (χ3v) is 2.02. The van der Waals surface area contributed by atoms with Gasteiger partial charge in [0.05, 0.1) is 11.7 Å². The summed E-state index contributed by atoms with van der Waals surface area (Å²) in [5, 5.41) is 1.50. The molecule has 0 saturated carbocycles. The second-order valence-electron chi connectivity index (χ2n) is 3.69. The van der Waals surface area contributed by atoms with E-state index in [4.69, 9.17) is 10.6 Å². The zero-order chi connectivity index (χ0) is 10.8. The number of amides is 1. The van der Waals surface area contributed by atoms with Crippen LogP contribution in [0.1, 0.15) is 20.8 Å². The number of nitrogens with two attached hydrogens (primary N) is 1. The Bertz CT molecular complexity index is 305. The highest BCUT2D eigenvalue weighted by Gasteiger charge is 2.21. The Labute approximate surface area is 86.5 Å². The lowest BCUT2D eigenvalue weighted by Gasteiger charge is -2.22. The number of aromatic nitrogens is 1. The van der Waals surface area contributed by atoms with Crippen LogP contribution in [0.3, 0.4) is 0 Å². The standard InChI is InChI=1S/C8H13N3O2S/c1-8(2,3)13-7(12)11(9)6-4-10-5-14-6/h4-5H,9H2,1-3H3. The van der Waals surface area contributed by atoms with Gasteiger partial charge in [-0.3, -0.25) is 4.98 Å². The first-order valence-electron chi connectivity index (χ1n) is 4.06. The normalized spacial score (nSPS) is 11.1. The lowest BCUT2D eigenvalue weighted by Crippen LogP contribution is -2.41. The predicted octanol–water partition coefficient (Wildman–Crippen LogP) is 1.76. The first-order valence-corrected chi connectivity index (χ1v) is 4.94. The van der Waals surface area contributed by atoms with Crippen molar-refractivity contribution in [3.63, 3.8) is 0 Å². The molecule has 78 valence electrons. The fourth-order valence-electron chi connectivity index (χ4n) is 0.729. The number of ether oxygens (including phenoxy) is 1. The van der Waals surface area contributed by atoms with Crippen molar-refractivity contribution in [1.29, 1.82) is 0 Å². The van der Waals surface area contributed by atoms with E-state index >= 15 is 0 Å². The highest BCUT2D eigenvalue weighted by Crippen LogP contribution is 2.18. The third-order valence-electron chi connectivity index (χ3n) is 1.25. The van der Waals surface area contributed by atoms with Crippen LogP contribution in [0.4, 0.5) is 9.80 Å². The monoisotopic (exact) mass is 215 g/mol. The molecule has 1 aromatic heterocycles. The zero-order valence-electron chi connectivity index (χ0n) is 8.35. The van der Waals surface area contributed by atoms with Gasteiger partial charge in [0.15, 0.2) is 0 Å². The van der Waals surface area contributed by atoms with Crippen LogP contribution in [-0.2, 0) is 4.74 Å². The fraction of sp³-hybridized carbons (Fsp3) is 0.500. The summed E-state index contributed by atoms with van der Waals surface area (Å²) in [7, 11) is 0. The van der Waals surface area contributed by atoms with E-state index in [2.05, 4.69) is 4.98 Å². The molecule has 0 aliphatic rings. The van der Waals surface area contributed by atoms with E-state index in [9.17, 15) is 4.79 Å². The molecule has 0 aliphatic carbocycles. The summed E-state index contributed by atoms with van der Waals surface area (Å²) >= 11 is 1.27. The molecule has 2 N–H and O–H groups in total. The molecule has 0 unspecified atom stereocenters. The van der Waals surface area contributed by atoms with Gasteiger partial charge in [-0.15, -0.1) is 11.3 Å². The van der Waals surface area contributed by atoms with Crippen LogP contribution >= 0.6 is 11.3 Å². The molecule has 1 heterocycles. The van der Waals surface area contributed by atoms with Crippen molar-refractivity contribution in [2.24, 2.45) is 5.84 Å². The summed E-state index contributed by atoms with van der Waals surface area (Å²) < 4.78 is 5.06. The van der Waals surface area contributed by atoms with Gasteiger partial charge < -0.3 is 4.74 Å². The molecule has 0 aliphatic heterocycles. The number of carbonyl (C=O) groups is 1. The van der Waals surface area contributed by atoms with Crippen molar-refractivity contribution in [3.05, 3.63) is 11.7 Å². The van der Waals surface area contributed by atoms with Crippen molar-refractivity contribution >= 4 is 22.4 Å². The van der Waals surface area contributed by atoms with Crippen molar-refractivity contribution in [3.8, 4) is 0 Å². The molecule has 0 atom stereocenters. The van der Waals surface area contributed by atoms with Crippen LogP contribution < -0.4 is 10.9 Å². The van der Waals surface area contributed by atoms with E-state index < -0.39 is 11.7 Å². The van der Waals surface area contributed by atoms with Crippen LogP contribution in [0.15, 0.2) is 11.7 Å². The second kappa shape index (κ2) is 3.93. The Balaban J connectivity index is 2.63. The topological polar surface area (TPSA) is 68.5 Å². The van der Waals surface area contributed by atoms with Crippen LogP contribution in [0.5, 0.6) is 0 Å². The van der Waals surface area contributed by atoms with Gasteiger partial charge in [-0.2, -0.15) is 0 Å². The van der Waals surface area contributed by atoms with Gasteiger partial charge in [0.2, 0.25) is 0 Å². The number of anilines is 1. The molecular formula is C8H13N3O2S. The van der Waals surface area contributed by atoms with Crippen molar-refractivity contribution in [1.82, 2.24) is 4.98 Å². The van der Waals surface area contributed by atoms with E-state index in [1.165, 1.54) is 17.5 Å². The highest BCUT2D eigenvalue weighted by molar-refractivity contribution is 7.14. The molecule has 1 aromatic rings. The van der Waals surface area contributed by atoms with Crippen LogP contribution in [0, 0.1) is 0 Å². The lowest BCUT2D eigenvalue weighted by atomic mass is 10.2. The highest BCUT2D eigenvalue weighted by atomic mass is 32.1. The van der Waals surface area contributed by atoms with E-state index in [0.717, 1.165) is 5.01 Å². The average molecular weight is 215 g/mol. The number of nitrogens with zero attached hydrogens (tertiary/aromatic N) is 2. The molecule has 1 rings (SSSR count). The molecule has 14 heavy (non-hydrogen) atoms. The van der Waals surface area contributed by atoms with Gasteiger partial charge in [-0.05, 0) is 20.8 Å². The zero-order valence-corrected chi connectivity index (χ0v) is 9.17. The van der Waals surface area contributed by atoms with Crippen LogP contribution in [-0.4, -0.2) is 16.7 Å². The summed E-state index contributed by atoms with van der Waals surface area (Å²) in [5.74, 6) is 5.52. The fourth-order valence-corrected chi connectivity index (χ4v) is 1.27. The van der Waals surface area contributed by atoms with E-state index in [1.807, 2.05) is 0 Å². The largest absolute Gasteiger partial charge is 0.442 e. The van der Waals surface area contributed by atoms with Crippen LogP contribution in [0.25, 0.3) is 0 Å². The Morgan fingerprint density at radius 1 is 1.64 bits per heavy atom. The minimum Gasteiger partial charge on any atom is -0.442 e. The maximum Gasteiger partial charge on any atom is 0.430 e. The van der Waals surface area contributed by atoms with E-state index in [0.29, 0.717) is 5.00 Å². The molecule has 0 aromatic carbocycles. The molecule has 0 saturated heterocycles. The van der Waals surface area contributed by atoms with Gasteiger partial charge in [-0.25, -0.2) is 15.6 Å². The van der Waals surface area contributed by atoms with Crippen molar-refractivity contribution in [2.75, 3.05) is 5.01 Å². The molecule has 0 spiro atoms. The molecule has 0 radical (unpaired) electrons. The minimum absolute atomic E-state index is 0.542. The summed E-state index contributed by atoms with van der Waals surface area (Å²) in [6.45, 7) is 5.35. The van der Waals surface area contributed by atoms with Crippen LogP contribution in [0.2, 0.25) is 0 Å². The maximum absolute atomic E-state index is 11.4. The van der Waals surface area contributed by atoms with Gasteiger partial charge in [0.1, 0.15) is 10.6 Å². The number of hydrogen-bond acceptors (Lipinski definition) is 5. The summed E-state index contributed by atoms with van der Waals surface area (Å²) in [5.41, 5.74) is 1.05. The Morgan fingerprint density at radius 3 is 2.71 bits per heavy atom. The quantitative estimate of drug-likeness (QED) is 0.440. The Kier molecular flexibility index (Phi) is 3.07. The molecule has 5 nitrogen and oxygen atoms in total. The first-order chi connectivity index (χ1) is 6.40. The van der Waals surface area contributed by atoms with Crippen molar-refractivity contribution < 1.29 is 9.53 Å². The summed E-state index contributed by atoms with van der Waals surface area (Å²) in [4.78, 5) is 15.2. The van der Waals surface area contributed by atoms with Gasteiger partial charge >= 0.3 is 6.09 Å². The van der Waals surface area contributed by atoms with Gasteiger partial charge in [0.25, 0.3) is 0 Å². The number of hydrogen-bond donors (Lipinski definition) is 1. The maximum atomic E-state index is 11.4. The lowest BCUT2D eigenvalue weighted by molar-refractivity contribution is 0.0581. The second-order valence-corrected chi connectivity index (χ2v) is 4.55. The molecule has 6 heteroatoms. The molecule has 0 bridgehead atoms. The van der Waals surface area contributed by atoms with Crippen molar-refractivity contribution in [2.45, 2.75) is 26.4 Å².